The van der Waals surface area contributed by atoms with Gasteiger partial charge in [0.1, 0.15) is 29.8 Å². The number of ether oxygens (including phenoxy) is 1. The van der Waals surface area contributed by atoms with Gasteiger partial charge >= 0.3 is 13.2 Å². The van der Waals surface area contributed by atoms with Crippen LogP contribution in [0.5, 0.6) is 0 Å². The first kappa shape index (κ1) is 54.0. The van der Waals surface area contributed by atoms with Gasteiger partial charge in [0, 0.05) is 12.1 Å². The maximum atomic E-state index is 14.0. The minimum absolute atomic E-state index is 0.0254. The predicted octanol–water partition coefficient (Wildman–Crippen LogP) is 5.35. The Balaban J connectivity index is 1.21. The van der Waals surface area contributed by atoms with E-state index in [4.69, 9.17) is 19.8 Å². The second-order valence-corrected chi connectivity index (χ2v) is 21.3. The molecule has 3 aliphatic carbocycles. The van der Waals surface area contributed by atoms with Crippen molar-refractivity contribution in [3.8, 4) is 11.1 Å². The van der Waals surface area contributed by atoms with Crippen LogP contribution in [-0.4, -0.2) is 103 Å². The number of nitrogens with one attached hydrogen (secondary N) is 6. The molecule has 9 atom stereocenters. The number of carbonyl (C=O) groups is 6. The van der Waals surface area contributed by atoms with Gasteiger partial charge in [-0.1, -0.05) is 77.4 Å². The Morgan fingerprint density at radius 3 is 1.96 bits per heavy atom. The summed E-state index contributed by atoms with van der Waals surface area (Å²) < 4.78 is 18.3. The number of hydrogen-bond acceptors (Lipinski definition) is 10. The summed E-state index contributed by atoms with van der Waals surface area (Å²) in [6.07, 6.45) is 4.77. The van der Waals surface area contributed by atoms with Gasteiger partial charge in [0.15, 0.2) is 0 Å². The van der Waals surface area contributed by atoms with Crippen LogP contribution < -0.4 is 37.6 Å². The highest BCUT2D eigenvalue weighted by Gasteiger charge is 2.68. The average Bonchev–Trinajstić information content (AvgIpc) is 3.64. The first-order valence-corrected chi connectivity index (χ1v) is 24.7. The summed E-state index contributed by atoms with van der Waals surface area (Å²) in [5.41, 5.74) is 8.37. The molecule has 1 aliphatic heterocycles. The maximum absolute atomic E-state index is 14.0. The van der Waals surface area contributed by atoms with E-state index in [1.807, 2.05) is 32.9 Å². The van der Waals surface area contributed by atoms with E-state index in [0.29, 0.717) is 23.8 Å². The fraction of sp³-hybridized carbons (Fsp3) is 0.647. The standard InChI is InChI=1S/C51H78BN7O9/c1-12-13-14-33-15-17-34(18-16-33)35-19-21-36(22-20-35)44(61)57-38(23-25-53)46(63)58-39(24-26-54-48(65)66-49(6,7)8)45(62)55-31(4)43(60)59-40(27-30(2)3)47(64)56-32(5)52-67-42-29-37-28-41(50(37,9)10)51(42,11)68-52/h15-22,30-32,37-42H,12-14,23-29,53H2,1-11H3,(H,54,65)(H,55,62)(H,56,64)(H,57,61)(H,58,63)(H,59,60)/t31-,32-,37-,38-,39-,40-,41-,42?,51-/m0/s1. The molecule has 0 aromatic heterocycles. The van der Waals surface area contributed by atoms with Crippen molar-refractivity contribution < 1.29 is 42.8 Å². The molecule has 6 rings (SSSR count). The van der Waals surface area contributed by atoms with E-state index in [1.54, 1.807) is 32.9 Å². The molecule has 1 heterocycles. The molecule has 1 unspecified atom stereocenters. The number of aryl methyl sites for hydroxylation is 1. The molecule has 374 valence electrons. The topological polar surface area (TPSA) is 228 Å². The lowest BCUT2D eigenvalue weighted by atomic mass is 9.43. The van der Waals surface area contributed by atoms with Crippen molar-refractivity contribution in [2.75, 3.05) is 13.1 Å². The van der Waals surface area contributed by atoms with Crippen molar-refractivity contribution in [1.29, 1.82) is 0 Å². The molecule has 68 heavy (non-hydrogen) atoms. The Hall–Kier alpha value is -5.00. The molecule has 4 fully saturated rings. The van der Waals surface area contributed by atoms with Gasteiger partial charge in [-0.3, -0.25) is 24.0 Å². The van der Waals surface area contributed by atoms with Crippen LogP contribution in [0.15, 0.2) is 48.5 Å². The Kier molecular flexibility index (Phi) is 18.3. The number of nitrogens with two attached hydrogens (primary N) is 1. The molecule has 0 radical (unpaired) electrons. The van der Waals surface area contributed by atoms with Crippen LogP contribution in [0.25, 0.3) is 11.1 Å². The van der Waals surface area contributed by atoms with Crippen molar-refractivity contribution in [3.63, 3.8) is 0 Å². The molecule has 3 saturated carbocycles. The first-order valence-electron chi connectivity index (χ1n) is 24.7. The fourth-order valence-electron chi connectivity index (χ4n) is 9.80. The highest BCUT2D eigenvalue weighted by molar-refractivity contribution is 6.47. The second kappa shape index (κ2) is 23.1. The quantitative estimate of drug-likeness (QED) is 0.0749. The molecular formula is C51H78BN7O9. The van der Waals surface area contributed by atoms with Crippen LogP contribution in [0.1, 0.15) is 137 Å². The van der Waals surface area contributed by atoms with Crippen LogP contribution in [0.4, 0.5) is 4.79 Å². The first-order chi connectivity index (χ1) is 31.9. The van der Waals surface area contributed by atoms with E-state index in [1.165, 1.54) is 12.5 Å². The van der Waals surface area contributed by atoms with Crippen molar-refractivity contribution in [2.45, 2.75) is 175 Å². The number of rotatable bonds is 22. The van der Waals surface area contributed by atoms with Gasteiger partial charge < -0.3 is 51.7 Å². The zero-order chi connectivity index (χ0) is 50.1. The largest absolute Gasteiger partial charge is 0.481 e. The summed E-state index contributed by atoms with van der Waals surface area (Å²) in [5, 5.41) is 16.6. The lowest BCUT2D eigenvalue weighted by Gasteiger charge is -2.64. The third kappa shape index (κ3) is 13.8. The lowest BCUT2D eigenvalue weighted by Crippen LogP contribution is -2.65. The van der Waals surface area contributed by atoms with E-state index in [0.717, 1.165) is 43.2 Å². The zero-order valence-electron chi connectivity index (χ0n) is 42.2. The summed E-state index contributed by atoms with van der Waals surface area (Å²) in [7, 11) is -0.650. The van der Waals surface area contributed by atoms with Gasteiger partial charge in [-0.2, -0.15) is 0 Å². The van der Waals surface area contributed by atoms with Gasteiger partial charge in [0.05, 0.1) is 17.6 Å². The highest BCUT2D eigenvalue weighted by Crippen LogP contribution is 2.65. The number of benzene rings is 2. The molecule has 2 aromatic rings. The van der Waals surface area contributed by atoms with E-state index < -0.39 is 84.1 Å². The number of carbonyl (C=O) groups excluding carboxylic acids is 6. The summed E-state index contributed by atoms with van der Waals surface area (Å²) in [5.74, 6) is -2.52. The third-order valence-electron chi connectivity index (χ3n) is 13.9. The number of unbranched alkanes of at least 4 members (excludes halogenated alkanes) is 1. The SMILES string of the molecule is CCCCc1ccc(-c2ccc(C(=O)N[C@@H](CCN)C(=O)N[C@@H](CCNC(=O)OC(C)(C)C)C(=O)N[C@@H](C)C(=O)N[C@@H](CC(C)C)C(=O)N[C@@H](C)B3OC4C[C@@H]5C[C@@H](C5(C)C)[C@]4(C)O3)cc2)cc1. The Morgan fingerprint density at radius 1 is 0.779 bits per heavy atom. The van der Waals surface area contributed by atoms with Crippen molar-refractivity contribution in [2.24, 2.45) is 28.9 Å². The van der Waals surface area contributed by atoms with E-state index in [9.17, 15) is 28.8 Å². The van der Waals surface area contributed by atoms with Gasteiger partial charge in [-0.25, -0.2) is 4.79 Å². The smallest absolute Gasteiger partial charge is 0.444 e. The maximum Gasteiger partial charge on any atom is 0.481 e. The minimum atomic E-state index is -1.28. The summed E-state index contributed by atoms with van der Waals surface area (Å²) in [6.45, 7) is 21.1. The lowest BCUT2D eigenvalue weighted by molar-refractivity contribution is -0.199. The number of alkyl carbamates (subject to hydrolysis) is 1. The van der Waals surface area contributed by atoms with E-state index >= 15 is 0 Å². The molecule has 0 spiro atoms. The average molecular weight is 944 g/mol. The van der Waals surface area contributed by atoms with Crippen molar-refractivity contribution in [3.05, 3.63) is 59.7 Å². The molecule has 17 heteroatoms. The molecule has 1 saturated heterocycles. The molecule has 6 amide bonds. The normalized spacial score (nSPS) is 22.5. The summed E-state index contributed by atoms with van der Waals surface area (Å²) >= 11 is 0. The van der Waals surface area contributed by atoms with E-state index in [-0.39, 0.29) is 43.4 Å². The Morgan fingerprint density at radius 2 is 1.37 bits per heavy atom. The monoisotopic (exact) mass is 944 g/mol. The fourth-order valence-corrected chi connectivity index (χ4v) is 9.80. The van der Waals surface area contributed by atoms with Crippen LogP contribution in [0.3, 0.4) is 0 Å². The molecular weight excluding hydrogens is 865 g/mol. The number of hydrogen-bond donors (Lipinski definition) is 7. The van der Waals surface area contributed by atoms with Crippen LogP contribution in [0, 0.1) is 23.2 Å². The molecule has 8 N–H and O–H groups in total. The van der Waals surface area contributed by atoms with Crippen molar-refractivity contribution in [1.82, 2.24) is 31.9 Å². The number of amides is 6. The Bertz CT molecular complexity index is 2080. The minimum Gasteiger partial charge on any atom is -0.444 e. The van der Waals surface area contributed by atoms with Gasteiger partial charge in [-0.15, -0.1) is 0 Å². The molecule has 2 bridgehead atoms. The predicted molar refractivity (Wildman–Crippen MR) is 263 cm³/mol. The third-order valence-corrected chi connectivity index (χ3v) is 13.9. The molecule has 2 aromatic carbocycles. The Labute approximate surface area is 404 Å². The molecule has 16 nitrogen and oxygen atoms in total. The molecule has 4 aliphatic rings. The van der Waals surface area contributed by atoms with Crippen LogP contribution in [-0.2, 0) is 39.6 Å². The van der Waals surface area contributed by atoms with Crippen LogP contribution in [0.2, 0.25) is 0 Å². The van der Waals surface area contributed by atoms with E-state index in [2.05, 4.69) is 83.9 Å². The van der Waals surface area contributed by atoms with Crippen molar-refractivity contribution >= 4 is 42.7 Å². The van der Waals surface area contributed by atoms with Gasteiger partial charge in [-0.05, 0) is 145 Å². The van der Waals surface area contributed by atoms with Gasteiger partial charge in [0.25, 0.3) is 5.91 Å². The van der Waals surface area contributed by atoms with Crippen LogP contribution >= 0.6 is 0 Å². The summed E-state index contributed by atoms with van der Waals surface area (Å²) in [6, 6.07) is 10.9. The summed E-state index contributed by atoms with van der Waals surface area (Å²) in [4.78, 5) is 81.4. The highest BCUT2D eigenvalue weighted by atomic mass is 16.7. The second-order valence-electron chi connectivity index (χ2n) is 21.3. The zero-order valence-corrected chi connectivity index (χ0v) is 42.2. The van der Waals surface area contributed by atoms with Gasteiger partial charge in [0.2, 0.25) is 23.6 Å².